The van der Waals surface area contributed by atoms with Crippen molar-refractivity contribution in [2.45, 2.75) is 6.54 Å². The third-order valence-electron chi connectivity index (χ3n) is 2.23. The van der Waals surface area contributed by atoms with Crippen LogP contribution in [0.4, 0.5) is 4.39 Å². The van der Waals surface area contributed by atoms with Crippen LogP contribution < -0.4 is 5.32 Å². The second-order valence-electron chi connectivity index (χ2n) is 3.41. The van der Waals surface area contributed by atoms with Crippen LogP contribution in [0.2, 0.25) is 0 Å². The van der Waals surface area contributed by atoms with Gasteiger partial charge in [-0.3, -0.25) is 4.79 Å². The molecule has 0 saturated carbocycles. The van der Waals surface area contributed by atoms with Gasteiger partial charge in [-0.1, -0.05) is 18.2 Å². The lowest BCUT2D eigenvalue weighted by atomic mass is 10.2. The molecule has 5 heteroatoms. The molecule has 2 nitrogen and oxygen atoms in total. The van der Waals surface area contributed by atoms with Crippen LogP contribution in [0.15, 0.2) is 39.5 Å². The van der Waals surface area contributed by atoms with Crippen LogP contribution in [0.25, 0.3) is 0 Å². The molecule has 88 valence electrons. The van der Waals surface area contributed by atoms with E-state index in [1.807, 2.05) is 0 Å². The summed E-state index contributed by atoms with van der Waals surface area (Å²) in [5.41, 5.74) is 1.06. The monoisotopic (exact) mass is 313 g/mol. The Hall–Kier alpha value is -1.20. The fourth-order valence-corrected chi connectivity index (χ4v) is 2.49. The first-order valence-electron chi connectivity index (χ1n) is 4.92. The summed E-state index contributed by atoms with van der Waals surface area (Å²) in [6, 6.07) is 8.13. The van der Waals surface area contributed by atoms with Crippen molar-refractivity contribution in [3.05, 3.63) is 56.4 Å². The average molecular weight is 314 g/mol. The summed E-state index contributed by atoms with van der Waals surface area (Å²) in [6.45, 7) is 0.193. The maximum atomic E-state index is 13.3. The first kappa shape index (κ1) is 12.3. The molecular formula is C12H9BrFNOS. The van der Waals surface area contributed by atoms with Crippen LogP contribution in [0, 0.1) is 5.82 Å². The van der Waals surface area contributed by atoms with E-state index in [1.54, 1.807) is 29.6 Å². The number of amides is 1. The average Bonchev–Trinajstić information content (AvgIpc) is 2.74. The lowest BCUT2D eigenvalue weighted by molar-refractivity contribution is 0.0951. The molecule has 0 aliphatic rings. The maximum Gasteiger partial charge on any atom is 0.252 e. The quantitative estimate of drug-likeness (QED) is 0.922. The van der Waals surface area contributed by atoms with Crippen molar-refractivity contribution in [2.24, 2.45) is 0 Å². The van der Waals surface area contributed by atoms with E-state index in [4.69, 9.17) is 0 Å². The highest BCUT2D eigenvalue weighted by Crippen LogP contribution is 2.20. The highest BCUT2D eigenvalue weighted by molar-refractivity contribution is 9.11. The van der Waals surface area contributed by atoms with Gasteiger partial charge in [0.25, 0.3) is 5.91 Å². The van der Waals surface area contributed by atoms with Gasteiger partial charge in [0.2, 0.25) is 0 Å². The summed E-state index contributed by atoms with van der Waals surface area (Å²) in [6.07, 6.45) is 0. The van der Waals surface area contributed by atoms with Gasteiger partial charge in [-0.25, -0.2) is 4.39 Å². The maximum absolute atomic E-state index is 13.3. The minimum atomic E-state index is -0.306. The van der Waals surface area contributed by atoms with Gasteiger partial charge in [0.15, 0.2) is 0 Å². The molecular weight excluding hydrogens is 305 g/mol. The summed E-state index contributed by atoms with van der Waals surface area (Å²) in [4.78, 5) is 11.7. The van der Waals surface area contributed by atoms with Crippen molar-refractivity contribution in [3.63, 3.8) is 0 Å². The Morgan fingerprint density at radius 1 is 1.41 bits per heavy atom. The number of nitrogens with one attached hydrogen (secondary N) is 1. The summed E-state index contributed by atoms with van der Waals surface area (Å²) in [7, 11) is 0. The second kappa shape index (κ2) is 5.42. The third-order valence-corrected chi connectivity index (χ3v) is 3.73. The van der Waals surface area contributed by atoms with Gasteiger partial charge in [-0.05, 0) is 28.1 Å². The normalized spacial score (nSPS) is 10.2. The Morgan fingerprint density at radius 2 is 2.18 bits per heavy atom. The Morgan fingerprint density at radius 3 is 2.82 bits per heavy atom. The number of benzene rings is 1. The molecule has 0 unspecified atom stereocenters. The first-order valence-corrected chi connectivity index (χ1v) is 6.60. The van der Waals surface area contributed by atoms with Gasteiger partial charge in [-0.2, -0.15) is 0 Å². The molecule has 0 radical (unpaired) electrons. The lowest BCUT2D eigenvalue weighted by Crippen LogP contribution is -2.22. The number of carbonyl (C=O) groups excluding carboxylic acids is 1. The van der Waals surface area contributed by atoms with Crippen molar-refractivity contribution in [2.75, 3.05) is 0 Å². The molecule has 1 aromatic carbocycles. The Kier molecular flexibility index (Phi) is 3.91. The molecule has 2 rings (SSSR count). The Labute approximate surface area is 111 Å². The van der Waals surface area contributed by atoms with E-state index in [1.165, 1.54) is 17.4 Å². The molecule has 0 saturated heterocycles. The lowest BCUT2D eigenvalue weighted by Gasteiger charge is -2.04. The second-order valence-corrected chi connectivity index (χ2v) is 5.70. The van der Waals surface area contributed by atoms with E-state index in [0.29, 0.717) is 11.1 Å². The standard InChI is InChI=1S/C12H9BrFNOS/c13-11-5-9(7-17-11)12(16)15-6-8-3-1-2-4-10(8)14/h1-5,7H,6H2,(H,15,16). The van der Waals surface area contributed by atoms with Gasteiger partial charge < -0.3 is 5.32 Å². The number of thiophene rings is 1. The zero-order valence-electron chi connectivity index (χ0n) is 8.74. The number of halogens is 2. The Bertz CT molecular complexity index is 541. The first-order chi connectivity index (χ1) is 8.16. The van der Waals surface area contributed by atoms with E-state index in [0.717, 1.165) is 3.79 Å². The molecule has 0 aliphatic heterocycles. The van der Waals surface area contributed by atoms with Crippen molar-refractivity contribution >= 4 is 33.2 Å². The van der Waals surface area contributed by atoms with Gasteiger partial charge >= 0.3 is 0 Å². The number of rotatable bonds is 3. The molecule has 1 amide bonds. The number of hydrogen-bond donors (Lipinski definition) is 1. The fourth-order valence-electron chi connectivity index (χ4n) is 1.35. The minimum absolute atomic E-state index is 0.193. The van der Waals surface area contributed by atoms with E-state index >= 15 is 0 Å². The van der Waals surface area contributed by atoms with Gasteiger partial charge in [0.05, 0.1) is 9.35 Å². The van der Waals surface area contributed by atoms with Crippen molar-refractivity contribution < 1.29 is 9.18 Å². The smallest absolute Gasteiger partial charge is 0.252 e. The molecule has 1 heterocycles. The molecule has 0 atom stereocenters. The fraction of sp³-hybridized carbons (Fsp3) is 0.0833. The largest absolute Gasteiger partial charge is 0.348 e. The molecule has 0 bridgehead atoms. The van der Waals surface area contributed by atoms with Crippen molar-refractivity contribution in [1.29, 1.82) is 0 Å². The van der Waals surface area contributed by atoms with E-state index < -0.39 is 0 Å². The van der Waals surface area contributed by atoms with Crippen molar-refractivity contribution in [3.8, 4) is 0 Å². The topological polar surface area (TPSA) is 29.1 Å². The van der Waals surface area contributed by atoms with Crippen LogP contribution in [-0.4, -0.2) is 5.91 Å². The van der Waals surface area contributed by atoms with Crippen LogP contribution in [0.5, 0.6) is 0 Å². The summed E-state index contributed by atoms with van der Waals surface area (Å²) >= 11 is 4.73. The third kappa shape index (κ3) is 3.14. The molecule has 0 spiro atoms. The molecule has 0 aliphatic carbocycles. The molecule has 0 fully saturated rings. The number of hydrogen-bond acceptors (Lipinski definition) is 2. The van der Waals surface area contributed by atoms with Crippen LogP contribution >= 0.6 is 27.3 Å². The molecule has 17 heavy (non-hydrogen) atoms. The van der Waals surface area contributed by atoms with E-state index in [2.05, 4.69) is 21.2 Å². The van der Waals surface area contributed by atoms with Crippen molar-refractivity contribution in [1.82, 2.24) is 5.32 Å². The highest BCUT2D eigenvalue weighted by atomic mass is 79.9. The van der Waals surface area contributed by atoms with Gasteiger partial charge in [0.1, 0.15) is 5.82 Å². The summed E-state index contributed by atoms with van der Waals surface area (Å²) in [5.74, 6) is -0.505. The molecule has 2 aromatic rings. The van der Waals surface area contributed by atoms with Gasteiger partial charge in [0, 0.05) is 17.5 Å². The highest BCUT2D eigenvalue weighted by Gasteiger charge is 2.08. The van der Waals surface area contributed by atoms with E-state index in [-0.39, 0.29) is 18.3 Å². The molecule has 1 N–H and O–H groups in total. The summed E-state index contributed by atoms with van der Waals surface area (Å²) in [5, 5.41) is 4.43. The van der Waals surface area contributed by atoms with Crippen LogP contribution in [-0.2, 0) is 6.54 Å². The van der Waals surface area contributed by atoms with Crippen LogP contribution in [0.3, 0.4) is 0 Å². The SMILES string of the molecule is O=C(NCc1ccccc1F)c1csc(Br)c1. The molecule has 1 aromatic heterocycles. The zero-order valence-corrected chi connectivity index (χ0v) is 11.1. The minimum Gasteiger partial charge on any atom is -0.348 e. The van der Waals surface area contributed by atoms with Crippen LogP contribution in [0.1, 0.15) is 15.9 Å². The number of carbonyl (C=O) groups is 1. The Balaban J connectivity index is 1.99. The summed E-state index contributed by atoms with van der Waals surface area (Å²) < 4.78 is 14.2. The predicted molar refractivity (Wildman–Crippen MR) is 69.6 cm³/mol. The van der Waals surface area contributed by atoms with Gasteiger partial charge in [-0.15, -0.1) is 11.3 Å². The zero-order chi connectivity index (χ0) is 12.3. The predicted octanol–water partition coefficient (Wildman–Crippen LogP) is 3.58. The van der Waals surface area contributed by atoms with E-state index in [9.17, 15) is 9.18 Å².